The molecular weight excluding hydrogens is 332 g/mol. The van der Waals surface area contributed by atoms with Crippen LogP contribution < -0.4 is 5.56 Å². The molecule has 1 atom stereocenters. The smallest absolute Gasteiger partial charge is 0.261 e. The normalized spacial score (nSPS) is 16.7. The van der Waals surface area contributed by atoms with Gasteiger partial charge < -0.3 is 9.47 Å². The van der Waals surface area contributed by atoms with E-state index in [9.17, 15) is 9.59 Å². The minimum absolute atomic E-state index is 0.0496. The summed E-state index contributed by atoms with van der Waals surface area (Å²) in [4.78, 5) is 31.7. The summed E-state index contributed by atoms with van der Waals surface area (Å²) in [5.74, 6) is -0.0496. The van der Waals surface area contributed by atoms with Gasteiger partial charge in [-0.1, -0.05) is 12.1 Å². The second-order valence-corrected chi connectivity index (χ2v) is 6.62. The van der Waals surface area contributed by atoms with Gasteiger partial charge in [-0.2, -0.15) is 0 Å². The molecule has 26 heavy (non-hydrogen) atoms. The number of aromatic nitrogens is 5. The van der Waals surface area contributed by atoms with E-state index >= 15 is 0 Å². The molecule has 0 radical (unpaired) electrons. The summed E-state index contributed by atoms with van der Waals surface area (Å²) in [7, 11) is 0. The predicted molar refractivity (Wildman–Crippen MR) is 95.6 cm³/mol. The lowest BCUT2D eigenvalue weighted by atomic mass is 10.0. The van der Waals surface area contributed by atoms with Crippen molar-refractivity contribution in [3.63, 3.8) is 0 Å². The number of amides is 1. The number of carbonyl (C=O) groups excluding carboxylic acids is 1. The van der Waals surface area contributed by atoms with Crippen LogP contribution in [0.1, 0.15) is 31.8 Å². The fourth-order valence-corrected chi connectivity index (χ4v) is 3.52. The van der Waals surface area contributed by atoms with Gasteiger partial charge in [0.05, 0.1) is 17.2 Å². The quantitative estimate of drug-likeness (QED) is 0.711. The fraction of sp³-hybridized carbons (Fsp3) is 0.389. The first-order valence-corrected chi connectivity index (χ1v) is 8.74. The van der Waals surface area contributed by atoms with Crippen molar-refractivity contribution < 1.29 is 4.79 Å². The molecule has 8 nitrogen and oxygen atoms in total. The molecule has 0 N–H and O–H groups in total. The second kappa shape index (κ2) is 6.70. The molecule has 1 saturated heterocycles. The Balaban J connectivity index is 1.50. The molecule has 0 aliphatic carbocycles. The van der Waals surface area contributed by atoms with Crippen molar-refractivity contribution in [3.8, 4) is 0 Å². The number of rotatable bonds is 3. The minimum atomic E-state index is -0.578. The third-order valence-corrected chi connectivity index (χ3v) is 5.10. The van der Waals surface area contributed by atoms with E-state index in [1.807, 2.05) is 15.5 Å². The Hall–Kier alpha value is -3.03. The SMILES string of the molecule is C[C@H](C(=O)N1CCC(n2cnnc2)CC1)n1cnc2ccccc2c1=O. The van der Waals surface area contributed by atoms with Gasteiger partial charge in [-0.3, -0.25) is 14.2 Å². The minimum Gasteiger partial charge on any atom is -0.341 e. The van der Waals surface area contributed by atoms with Crippen molar-refractivity contribution >= 4 is 16.8 Å². The lowest BCUT2D eigenvalue weighted by molar-refractivity contribution is -0.135. The molecule has 3 heterocycles. The van der Waals surface area contributed by atoms with Crippen molar-refractivity contribution in [1.29, 1.82) is 0 Å². The molecule has 1 amide bonds. The van der Waals surface area contributed by atoms with Crippen LogP contribution in [0.3, 0.4) is 0 Å². The van der Waals surface area contributed by atoms with E-state index in [1.54, 1.807) is 37.8 Å². The van der Waals surface area contributed by atoms with Gasteiger partial charge >= 0.3 is 0 Å². The van der Waals surface area contributed by atoms with Crippen LogP contribution in [-0.2, 0) is 4.79 Å². The molecule has 1 aromatic carbocycles. The highest BCUT2D eigenvalue weighted by atomic mass is 16.2. The number of para-hydroxylation sites is 1. The highest BCUT2D eigenvalue weighted by Crippen LogP contribution is 2.23. The number of benzene rings is 1. The zero-order chi connectivity index (χ0) is 18.1. The summed E-state index contributed by atoms with van der Waals surface area (Å²) in [5, 5.41) is 8.21. The summed E-state index contributed by atoms with van der Waals surface area (Å²) in [6, 6.07) is 6.92. The zero-order valence-electron chi connectivity index (χ0n) is 14.5. The van der Waals surface area contributed by atoms with Crippen molar-refractivity contribution in [2.75, 3.05) is 13.1 Å². The molecule has 0 bridgehead atoms. The van der Waals surface area contributed by atoms with Crippen LogP contribution in [0, 0.1) is 0 Å². The van der Waals surface area contributed by atoms with Crippen molar-refractivity contribution in [3.05, 3.63) is 53.6 Å². The van der Waals surface area contributed by atoms with E-state index in [0.29, 0.717) is 30.0 Å². The van der Waals surface area contributed by atoms with Crippen LogP contribution in [0.2, 0.25) is 0 Å². The first-order chi connectivity index (χ1) is 12.6. The standard InChI is InChI=1S/C18H20N6O2/c1-13(24-10-19-16-5-3-2-4-15(16)18(24)26)17(25)22-8-6-14(7-9-22)23-11-20-21-12-23/h2-5,10-14H,6-9H2,1H3/t13-/m1/s1. The van der Waals surface area contributed by atoms with E-state index < -0.39 is 6.04 Å². The van der Waals surface area contributed by atoms with Gasteiger partial charge in [0.15, 0.2) is 0 Å². The van der Waals surface area contributed by atoms with Crippen molar-refractivity contribution in [2.24, 2.45) is 0 Å². The predicted octanol–water partition coefficient (Wildman–Crippen LogP) is 1.41. The zero-order valence-corrected chi connectivity index (χ0v) is 14.5. The Morgan fingerprint density at radius 3 is 2.54 bits per heavy atom. The largest absolute Gasteiger partial charge is 0.341 e. The fourth-order valence-electron chi connectivity index (χ4n) is 3.52. The number of hydrogen-bond donors (Lipinski definition) is 0. The summed E-state index contributed by atoms with van der Waals surface area (Å²) < 4.78 is 3.42. The number of nitrogens with zero attached hydrogens (tertiary/aromatic N) is 6. The van der Waals surface area contributed by atoms with Crippen molar-refractivity contribution in [1.82, 2.24) is 29.2 Å². The van der Waals surface area contributed by atoms with Crippen LogP contribution in [-0.4, -0.2) is 48.2 Å². The lowest BCUT2D eigenvalue weighted by Gasteiger charge is -2.34. The van der Waals surface area contributed by atoms with Crippen LogP contribution in [0.4, 0.5) is 0 Å². The molecule has 4 rings (SSSR count). The summed E-state index contributed by atoms with van der Waals surface area (Å²) in [6.45, 7) is 3.07. The number of likely N-dealkylation sites (tertiary alicyclic amines) is 1. The molecule has 1 fully saturated rings. The van der Waals surface area contributed by atoms with Gasteiger partial charge in [-0.15, -0.1) is 10.2 Å². The Kier molecular flexibility index (Phi) is 4.24. The van der Waals surface area contributed by atoms with E-state index in [1.165, 1.54) is 10.9 Å². The van der Waals surface area contributed by atoms with E-state index in [-0.39, 0.29) is 11.5 Å². The first-order valence-electron chi connectivity index (χ1n) is 8.74. The molecule has 8 heteroatoms. The molecule has 1 aliphatic rings. The molecule has 3 aromatic rings. The van der Waals surface area contributed by atoms with Gasteiger partial charge in [0, 0.05) is 19.1 Å². The van der Waals surface area contributed by atoms with Crippen LogP contribution in [0.25, 0.3) is 10.9 Å². The second-order valence-electron chi connectivity index (χ2n) is 6.62. The lowest BCUT2D eigenvalue weighted by Crippen LogP contribution is -2.43. The summed E-state index contributed by atoms with van der Waals surface area (Å²) >= 11 is 0. The van der Waals surface area contributed by atoms with Crippen LogP contribution >= 0.6 is 0 Å². The Bertz CT molecular complexity index is 973. The molecule has 0 unspecified atom stereocenters. The Morgan fingerprint density at radius 2 is 1.81 bits per heavy atom. The monoisotopic (exact) mass is 352 g/mol. The number of carbonyl (C=O) groups is 1. The molecular formula is C18H20N6O2. The number of piperidine rings is 1. The van der Waals surface area contributed by atoms with E-state index in [2.05, 4.69) is 15.2 Å². The molecule has 134 valence electrons. The maximum absolute atomic E-state index is 12.9. The highest BCUT2D eigenvalue weighted by Gasteiger charge is 2.28. The first kappa shape index (κ1) is 16.4. The van der Waals surface area contributed by atoms with Gasteiger partial charge in [-0.25, -0.2) is 4.98 Å². The molecule has 0 saturated carbocycles. The van der Waals surface area contributed by atoms with E-state index in [0.717, 1.165) is 12.8 Å². The van der Waals surface area contributed by atoms with Gasteiger partial charge in [-0.05, 0) is 31.9 Å². The van der Waals surface area contributed by atoms with Gasteiger partial charge in [0.25, 0.3) is 5.56 Å². The maximum atomic E-state index is 12.9. The van der Waals surface area contributed by atoms with Gasteiger partial charge in [0.1, 0.15) is 18.7 Å². The van der Waals surface area contributed by atoms with Crippen LogP contribution in [0.15, 0.2) is 48.0 Å². The molecule has 0 spiro atoms. The van der Waals surface area contributed by atoms with Gasteiger partial charge in [0.2, 0.25) is 5.91 Å². The Morgan fingerprint density at radius 1 is 1.12 bits per heavy atom. The highest BCUT2D eigenvalue weighted by molar-refractivity contribution is 5.81. The third kappa shape index (κ3) is 2.87. The number of hydrogen-bond acceptors (Lipinski definition) is 5. The van der Waals surface area contributed by atoms with E-state index in [4.69, 9.17) is 0 Å². The molecule has 2 aromatic heterocycles. The Labute approximate surface area is 150 Å². The maximum Gasteiger partial charge on any atom is 0.261 e. The van der Waals surface area contributed by atoms with Crippen LogP contribution in [0.5, 0.6) is 0 Å². The number of fused-ring (bicyclic) bond motifs is 1. The molecule has 1 aliphatic heterocycles. The van der Waals surface area contributed by atoms with Crippen molar-refractivity contribution in [2.45, 2.75) is 31.8 Å². The average Bonchev–Trinajstić information content (AvgIpc) is 3.22. The average molecular weight is 352 g/mol. The third-order valence-electron chi connectivity index (χ3n) is 5.10. The topological polar surface area (TPSA) is 85.9 Å². The summed E-state index contributed by atoms with van der Waals surface area (Å²) in [5.41, 5.74) is 0.457. The summed E-state index contributed by atoms with van der Waals surface area (Å²) in [6.07, 6.45) is 6.59.